The Labute approximate surface area is 152 Å². The minimum absolute atomic E-state index is 0.250. The largest absolute Gasteiger partial charge is 0.319 e. The smallest absolute Gasteiger partial charge is 0.248 e. The average molecular weight is 349 g/mol. The Morgan fingerprint density at radius 2 is 1.81 bits per heavy atom. The van der Waals surface area contributed by atoms with Gasteiger partial charge in [-0.1, -0.05) is 42.5 Å². The van der Waals surface area contributed by atoms with Crippen molar-refractivity contribution in [2.75, 3.05) is 5.32 Å². The molecule has 0 unspecified atom stereocenters. The number of aromatic nitrogens is 2. The van der Waals surface area contributed by atoms with Crippen LogP contribution < -0.4 is 5.32 Å². The number of carbonyl (C=O) groups is 1. The quantitative estimate of drug-likeness (QED) is 0.697. The number of carbonyl (C=O) groups excluding carboxylic acids is 1. The molecule has 1 N–H and O–H groups in total. The molecular weight excluding hydrogens is 329 g/mol. The van der Waals surface area contributed by atoms with E-state index >= 15 is 0 Å². The van der Waals surface area contributed by atoms with Crippen molar-refractivity contribution < 1.29 is 9.18 Å². The second-order valence-corrected chi connectivity index (χ2v) is 6.06. The first kappa shape index (κ1) is 17.6. The highest BCUT2D eigenvalue weighted by atomic mass is 19.1. The van der Waals surface area contributed by atoms with Crippen LogP contribution in [0, 0.1) is 19.7 Å². The summed E-state index contributed by atoms with van der Waals surface area (Å²) in [6, 6.07) is 16.0. The van der Waals surface area contributed by atoms with Crippen LogP contribution in [0.1, 0.15) is 22.5 Å². The van der Waals surface area contributed by atoms with Crippen LogP contribution in [0.4, 0.5) is 10.1 Å². The lowest BCUT2D eigenvalue weighted by Crippen LogP contribution is -2.10. The zero-order valence-corrected chi connectivity index (χ0v) is 14.7. The van der Waals surface area contributed by atoms with E-state index in [1.807, 2.05) is 48.9 Å². The molecule has 0 aliphatic rings. The van der Waals surface area contributed by atoms with Crippen molar-refractivity contribution >= 4 is 17.7 Å². The topological polar surface area (TPSA) is 46.9 Å². The summed E-state index contributed by atoms with van der Waals surface area (Å²) in [4.78, 5) is 12.2. The lowest BCUT2D eigenvalue weighted by molar-refractivity contribution is -0.111. The van der Waals surface area contributed by atoms with Crippen LogP contribution in [-0.4, -0.2) is 15.7 Å². The van der Waals surface area contributed by atoms with Crippen molar-refractivity contribution in [3.63, 3.8) is 0 Å². The lowest BCUT2D eigenvalue weighted by Gasteiger charge is -2.06. The molecule has 1 aromatic heterocycles. The zero-order valence-electron chi connectivity index (χ0n) is 14.7. The van der Waals surface area contributed by atoms with Gasteiger partial charge in [-0.3, -0.25) is 9.48 Å². The van der Waals surface area contributed by atoms with Crippen molar-refractivity contribution in [3.05, 3.63) is 89.0 Å². The fourth-order valence-corrected chi connectivity index (χ4v) is 2.70. The molecule has 0 aliphatic heterocycles. The number of halogens is 1. The third kappa shape index (κ3) is 4.25. The number of nitrogens with one attached hydrogen (secondary N) is 1. The van der Waals surface area contributed by atoms with Crippen molar-refractivity contribution in [2.45, 2.75) is 20.4 Å². The average Bonchev–Trinajstić information content (AvgIpc) is 2.89. The molecule has 3 rings (SSSR count). The summed E-state index contributed by atoms with van der Waals surface area (Å²) in [6.07, 6.45) is 3.08. The second kappa shape index (κ2) is 7.78. The molecule has 0 saturated carbocycles. The predicted molar refractivity (Wildman–Crippen MR) is 101 cm³/mol. The molecule has 0 atom stereocenters. The normalized spacial score (nSPS) is 11.0. The molecule has 0 saturated heterocycles. The Morgan fingerprint density at radius 1 is 1.12 bits per heavy atom. The molecule has 0 radical (unpaired) electrons. The number of benzene rings is 2. The Morgan fingerprint density at radius 3 is 2.50 bits per heavy atom. The summed E-state index contributed by atoms with van der Waals surface area (Å²) in [5.74, 6) is -0.552. The standard InChI is InChI=1S/C21H20FN3O/c1-15-21(16(2)25(24-15)14-18-6-4-3-5-7-18)23-20(26)13-10-17-8-11-19(22)12-9-17/h3-13H,14H2,1-2H3,(H,23,26)/b13-10+. The van der Waals surface area contributed by atoms with Crippen LogP contribution in [0.3, 0.4) is 0 Å². The van der Waals surface area contributed by atoms with E-state index in [2.05, 4.69) is 10.4 Å². The Hall–Kier alpha value is -3.21. The molecule has 0 spiro atoms. The number of anilines is 1. The van der Waals surface area contributed by atoms with E-state index in [-0.39, 0.29) is 11.7 Å². The molecule has 3 aromatic rings. The van der Waals surface area contributed by atoms with Crippen LogP contribution in [0.15, 0.2) is 60.7 Å². The van der Waals surface area contributed by atoms with Crippen molar-refractivity contribution in [2.24, 2.45) is 0 Å². The Kier molecular flexibility index (Phi) is 5.27. The van der Waals surface area contributed by atoms with E-state index < -0.39 is 0 Å². The first-order chi connectivity index (χ1) is 12.5. The second-order valence-electron chi connectivity index (χ2n) is 6.06. The number of hydrogen-bond donors (Lipinski definition) is 1. The highest BCUT2D eigenvalue weighted by molar-refractivity contribution is 6.02. The SMILES string of the molecule is Cc1nn(Cc2ccccc2)c(C)c1NC(=O)/C=C/c1ccc(F)cc1. The third-order valence-electron chi connectivity index (χ3n) is 4.10. The summed E-state index contributed by atoms with van der Waals surface area (Å²) in [7, 11) is 0. The molecule has 0 aliphatic carbocycles. The predicted octanol–water partition coefficient (Wildman–Crippen LogP) is 4.34. The molecule has 132 valence electrons. The number of aryl methyl sites for hydroxylation is 1. The monoisotopic (exact) mass is 349 g/mol. The molecule has 4 nitrogen and oxygen atoms in total. The minimum Gasteiger partial charge on any atom is -0.319 e. The van der Waals surface area contributed by atoms with Gasteiger partial charge in [0, 0.05) is 6.08 Å². The van der Waals surface area contributed by atoms with E-state index in [9.17, 15) is 9.18 Å². The van der Waals surface area contributed by atoms with Gasteiger partial charge in [0.05, 0.1) is 23.6 Å². The molecule has 0 bridgehead atoms. The van der Waals surface area contributed by atoms with Crippen LogP contribution in [0.25, 0.3) is 6.08 Å². The first-order valence-corrected chi connectivity index (χ1v) is 8.35. The molecule has 0 fully saturated rings. The molecular formula is C21H20FN3O. The summed E-state index contributed by atoms with van der Waals surface area (Å²) in [5, 5.41) is 7.41. The van der Waals surface area contributed by atoms with Gasteiger partial charge in [0.1, 0.15) is 5.82 Å². The van der Waals surface area contributed by atoms with Crippen molar-refractivity contribution in [1.29, 1.82) is 0 Å². The third-order valence-corrected chi connectivity index (χ3v) is 4.10. The fraction of sp³-hybridized carbons (Fsp3) is 0.143. The molecule has 2 aromatic carbocycles. The van der Waals surface area contributed by atoms with Crippen LogP contribution in [0.5, 0.6) is 0 Å². The van der Waals surface area contributed by atoms with Crippen molar-refractivity contribution in [1.82, 2.24) is 9.78 Å². The fourth-order valence-electron chi connectivity index (χ4n) is 2.70. The summed E-state index contributed by atoms with van der Waals surface area (Å²) in [6.45, 7) is 4.45. The van der Waals surface area contributed by atoms with E-state index in [0.29, 0.717) is 6.54 Å². The summed E-state index contributed by atoms with van der Waals surface area (Å²) < 4.78 is 14.8. The zero-order chi connectivity index (χ0) is 18.5. The van der Waals surface area contributed by atoms with Gasteiger partial charge < -0.3 is 5.32 Å². The van der Waals surface area contributed by atoms with E-state index in [0.717, 1.165) is 28.2 Å². The van der Waals surface area contributed by atoms with Gasteiger partial charge in [-0.2, -0.15) is 5.10 Å². The van der Waals surface area contributed by atoms with Crippen LogP contribution in [0.2, 0.25) is 0 Å². The Balaban J connectivity index is 1.71. The number of rotatable bonds is 5. The van der Waals surface area contributed by atoms with Crippen molar-refractivity contribution in [3.8, 4) is 0 Å². The van der Waals surface area contributed by atoms with Gasteiger partial charge in [0.2, 0.25) is 5.91 Å². The van der Waals surface area contributed by atoms with Gasteiger partial charge in [-0.15, -0.1) is 0 Å². The van der Waals surface area contributed by atoms with Gasteiger partial charge >= 0.3 is 0 Å². The van der Waals surface area contributed by atoms with E-state index in [1.54, 1.807) is 18.2 Å². The number of nitrogens with zero attached hydrogens (tertiary/aromatic N) is 2. The van der Waals surface area contributed by atoms with Gasteiger partial charge in [0.15, 0.2) is 0 Å². The molecule has 5 heteroatoms. The van der Waals surface area contributed by atoms with Crippen LogP contribution >= 0.6 is 0 Å². The molecule has 26 heavy (non-hydrogen) atoms. The maximum absolute atomic E-state index is 12.9. The Bertz CT molecular complexity index is 928. The highest BCUT2D eigenvalue weighted by Gasteiger charge is 2.13. The van der Waals surface area contributed by atoms with E-state index in [4.69, 9.17) is 0 Å². The van der Waals surface area contributed by atoms with E-state index in [1.165, 1.54) is 18.2 Å². The van der Waals surface area contributed by atoms with Gasteiger partial charge in [-0.25, -0.2) is 4.39 Å². The maximum atomic E-state index is 12.9. The van der Waals surface area contributed by atoms with Gasteiger partial charge in [0.25, 0.3) is 0 Å². The summed E-state index contributed by atoms with van der Waals surface area (Å²) >= 11 is 0. The maximum Gasteiger partial charge on any atom is 0.248 e. The first-order valence-electron chi connectivity index (χ1n) is 8.35. The highest BCUT2D eigenvalue weighted by Crippen LogP contribution is 2.20. The van der Waals surface area contributed by atoms with Gasteiger partial charge in [-0.05, 0) is 43.2 Å². The summed E-state index contributed by atoms with van der Waals surface area (Å²) in [5.41, 5.74) is 4.29. The number of amides is 1. The lowest BCUT2D eigenvalue weighted by atomic mass is 10.2. The molecule has 1 heterocycles. The molecule has 1 amide bonds. The number of hydrogen-bond acceptors (Lipinski definition) is 2. The van der Waals surface area contributed by atoms with Crippen LogP contribution in [-0.2, 0) is 11.3 Å². The minimum atomic E-state index is -0.302.